The first-order valence-electron chi connectivity index (χ1n) is 10.8. The Kier molecular flexibility index (Phi) is 7.51. The van der Waals surface area contributed by atoms with Gasteiger partial charge >= 0.3 is 0 Å². The quantitative estimate of drug-likeness (QED) is 0.373. The zero-order valence-corrected chi connectivity index (χ0v) is 17.8. The third-order valence-corrected chi connectivity index (χ3v) is 10.2. The Morgan fingerprint density at radius 1 is 0.769 bits per heavy atom. The molecule has 0 atom stereocenters. The van der Waals surface area contributed by atoms with Crippen LogP contribution in [-0.2, 0) is 4.43 Å². The Morgan fingerprint density at radius 3 is 1.77 bits per heavy atom. The highest BCUT2D eigenvalue weighted by atomic mass is 28.4. The lowest BCUT2D eigenvalue weighted by molar-refractivity contribution is 0.286. The molecule has 0 saturated heterocycles. The summed E-state index contributed by atoms with van der Waals surface area (Å²) in [4.78, 5) is 0. The maximum absolute atomic E-state index is 7.22. The highest BCUT2D eigenvalue weighted by molar-refractivity contribution is 6.99. The van der Waals surface area contributed by atoms with Crippen molar-refractivity contribution in [3.63, 3.8) is 0 Å². The third kappa shape index (κ3) is 5.08. The number of rotatable bonds is 10. The Bertz CT molecular complexity index is 597. The predicted molar refractivity (Wildman–Crippen MR) is 117 cm³/mol. The van der Waals surface area contributed by atoms with Gasteiger partial charge in [0.15, 0.2) is 0 Å². The van der Waals surface area contributed by atoms with Gasteiger partial charge in [-0.25, -0.2) is 0 Å². The molecule has 0 heterocycles. The molecule has 0 spiro atoms. The summed E-state index contributed by atoms with van der Waals surface area (Å²) < 4.78 is 14.1. The lowest BCUT2D eigenvalue weighted by Crippen LogP contribution is -2.66. The van der Waals surface area contributed by atoms with Gasteiger partial charge in [-0.2, -0.15) is 0 Å². The van der Waals surface area contributed by atoms with Gasteiger partial charge in [0.1, 0.15) is 0 Å². The van der Waals surface area contributed by atoms with Crippen LogP contribution in [0.1, 0.15) is 67.6 Å². The van der Waals surface area contributed by atoms with Gasteiger partial charge in [-0.05, 0) is 21.8 Å². The fourth-order valence-electron chi connectivity index (χ4n) is 3.80. The standard InChI is InChI=1S/C24H36OSi/c1-5-6-7-8-9-16-21-25-26(24(2,3)4,22-17-12-10-13-18-22)23-19-14-11-15-20-23/h10-15,17-20H,5-9,16,21H2,1-4H3/i1D. The van der Waals surface area contributed by atoms with Crippen molar-refractivity contribution in [1.82, 2.24) is 0 Å². The maximum Gasteiger partial charge on any atom is 0.261 e. The van der Waals surface area contributed by atoms with Gasteiger partial charge in [0, 0.05) is 7.98 Å². The van der Waals surface area contributed by atoms with Gasteiger partial charge in [-0.1, -0.05) is 120 Å². The Labute approximate surface area is 163 Å². The second-order valence-electron chi connectivity index (χ2n) is 8.13. The van der Waals surface area contributed by atoms with Crippen molar-refractivity contribution >= 4 is 18.7 Å². The fraction of sp³-hybridized carbons (Fsp3) is 0.500. The lowest BCUT2D eigenvalue weighted by Gasteiger charge is -2.43. The summed E-state index contributed by atoms with van der Waals surface area (Å²) >= 11 is 0. The van der Waals surface area contributed by atoms with Crippen LogP contribution in [0.25, 0.3) is 0 Å². The van der Waals surface area contributed by atoms with Crippen LogP contribution in [-0.4, -0.2) is 14.9 Å². The minimum atomic E-state index is -2.36. The molecule has 2 aromatic carbocycles. The number of hydrogen-bond acceptors (Lipinski definition) is 1. The molecule has 0 aliphatic carbocycles. The van der Waals surface area contributed by atoms with E-state index in [1.54, 1.807) is 0 Å². The molecule has 1 nitrogen and oxygen atoms in total. The molecule has 2 rings (SSSR count). The van der Waals surface area contributed by atoms with Gasteiger partial charge in [0.05, 0.1) is 0 Å². The van der Waals surface area contributed by atoms with Crippen molar-refractivity contribution in [2.24, 2.45) is 0 Å². The number of hydrogen-bond donors (Lipinski definition) is 0. The van der Waals surface area contributed by atoms with Crippen LogP contribution in [0.2, 0.25) is 5.04 Å². The largest absolute Gasteiger partial charge is 0.407 e. The van der Waals surface area contributed by atoms with E-state index in [-0.39, 0.29) is 5.04 Å². The minimum Gasteiger partial charge on any atom is -0.407 e. The summed E-state index contributed by atoms with van der Waals surface area (Å²) in [6.45, 7) is 8.39. The summed E-state index contributed by atoms with van der Waals surface area (Å²) in [5.74, 6) is 0. The Hall–Kier alpha value is -1.38. The molecule has 0 fully saturated rings. The fourth-order valence-corrected chi connectivity index (χ4v) is 8.40. The van der Waals surface area contributed by atoms with Crippen molar-refractivity contribution in [1.29, 1.82) is 0 Å². The van der Waals surface area contributed by atoms with Crippen LogP contribution in [0.4, 0.5) is 0 Å². The molecule has 0 radical (unpaired) electrons. The summed E-state index contributed by atoms with van der Waals surface area (Å²) in [5.41, 5.74) is 0. The van der Waals surface area contributed by atoms with Crippen molar-refractivity contribution in [3.05, 3.63) is 60.7 Å². The average Bonchev–Trinajstić information content (AvgIpc) is 2.67. The van der Waals surface area contributed by atoms with E-state index in [1.165, 1.54) is 36.1 Å². The van der Waals surface area contributed by atoms with E-state index >= 15 is 0 Å². The minimum absolute atomic E-state index is 0.0594. The van der Waals surface area contributed by atoms with Gasteiger partial charge in [-0.15, -0.1) is 0 Å². The van der Waals surface area contributed by atoms with E-state index < -0.39 is 8.32 Å². The van der Waals surface area contributed by atoms with E-state index in [2.05, 4.69) is 81.4 Å². The molecule has 2 heteroatoms. The second-order valence-corrected chi connectivity index (χ2v) is 12.4. The first-order chi connectivity index (χ1) is 13.0. The molecule has 0 amide bonds. The summed E-state index contributed by atoms with van der Waals surface area (Å²) in [6.07, 6.45) is 7.07. The summed E-state index contributed by atoms with van der Waals surface area (Å²) in [7, 11) is -2.36. The Morgan fingerprint density at radius 2 is 1.27 bits per heavy atom. The van der Waals surface area contributed by atoms with Gasteiger partial charge in [-0.3, -0.25) is 0 Å². The van der Waals surface area contributed by atoms with Crippen molar-refractivity contribution in [2.75, 3.05) is 6.61 Å². The molecule has 142 valence electrons. The topological polar surface area (TPSA) is 9.23 Å². The van der Waals surface area contributed by atoms with Crippen LogP contribution >= 0.6 is 0 Å². The van der Waals surface area contributed by atoms with Gasteiger partial charge in [0.25, 0.3) is 8.32 Å². The predicted octanol–water partition coefficient (Wildman–Crippen LogP) is 5.92. The van der Waals surface area contributed by atoms with E-state index in [9.17, 15) is 0 Å². The molecular formula is C24H36OSi. The van der Waals surface area contributed by atoms with Crippen LogP contribution in [0, 0.1) is 0 Å². The molecule has 2 aromatic rings. The molecule has 0 bridgehead atoms. The van der Waals surface area contributed by atoms with Crippen molar-refractivity contribution < 1.29 is 5.80 Å². The van der Waals surface area contributed by atoms with Gasteiger partial charge < -0.3 is 4.43 Å². The second kappa shape index (κ2) is 10.1. The number of benzene rings is 2. The van der Waals surface area contributed by atoms with E-state index in [4.69, 9.17) is 5.80 Å². The van der Waals surface area contributed by atoms with Crippen LogP contribution < -0.4 is 10.4 Å². The zero-order chi connectivity index (χ0) is 19.6. The van der Waals surface area contributed by atoms with Crippen molar-refractivity contribution in [3.8, 4) is 0 Å². The highest BCUT2D eigenvalue weighted by Crippen LogP contribution is 2.36. The monoisotopic (exact) mass is 369 g/mol. The smallest absolute Gasteiger partial charge is 0.261 e. The SMILES string of the molecule is [2H]CCCCCCCCO[Si](c1ccccc1)(c1ccccc1)C(C)(C)C. The molecule has 0 saturated carbocycles. The highest BCUT2D eigenvalue weighted by Gasteiger charge is 2.49. The maximum atomic E-state index is 7.22. The molecule has 0 aromatic heterocycles. The van der Waals surface area contributed by atoms with Gasteiger partial charge in [0.2, 0.25) is 0 Å². The van der Waals surface area contributed by atoms with E-state index in [0.717, 1.165) is 19.4 Å². The normalized spacial score (nSPS) is 12.8. The van der Waals surface area contributed by atoms with Crippen LogP contribution in [0.5, 0.6) is 0 Å². The average molecular weight is 370 g/mol. The van der Waals surface area contributed by atoms with Crippen molar-refractivity contribution in [2.45, 2.75) is 71.2 Å². The zero-order valence-electron chi connectivity index (χ0n) is 17.8. The molecule has 0 N–H and O–H groups in total. The first kappa shape index (κ1) is 19.4. The third-order valence-electron chi connectivity index (χ3n) is 5.13. The van der Waals surface area contributed by atoms with E-state index in [1.807, 2.05) is 0 Å². The van der Waals surface area contributed by atoms with Crippen LogP contribution in [0.3, 0.4) is 0 Å². The first-order valence-corrected chi connectivity index (χ1v) is 12.0. The summed E-state index contributed by atoms with van der Waals surface area (Å²) in [6, 6.07) is 21.8. The molecule has 26 heavy (non-hydrogen) atoms. The lowest BCUT2D eigenvalue weighted by atomic mass is 10.1. The molecule has 0 unspecified atom stereocenters. The Balaban J connectivity index is 2.15. The van der Waals surface area contributed by atoms with E-state index in [0.29, 0.717) is 6.90 Å². The molecule has 0 aliphatic rings. The molecule has 0 aliphatic heterocycles. The van der Waals surface area contributed by atoms with Crippen LogP contribution in [0.15, 0.2) is 60.7 Å². The number of unbranched alkanes of at least 4 members (excludes halogenated alkanes) is 5. The molecular weight excluding hydrogens is 332 g/mol. The summed E-state index contributed by atoms with van der Waals surface area (Å²) in [5, 5.41) is 2.78.